The molecular weight excluding hydrogens is 442 g/mol. The summed E-state index contributed by atoms with van der Waals surface area (Å²) in [6, 6.07) is 16.1. The average Bonchev–Trinajstić information content (AvgIpc) is 3.13. The number of ether oxygens (including phenoxy) is 1. The number of imide groups is 2. The summed E-state index contributed by atoms with van der Waals surface area (Å²) in [7, 11) is 1.61. The first-order valence-electron chi connectivity index (χ1n) is 11.6. The van der Waals surface area contributed by atoms with E-state index in [1.165, 1.54) is 0 Å². The van der Waals surface area contributed by atoms with Crippen LogP contribution >= 0.6 is 0 Å². The number of para-hydroxylation sites is 2. The van der Waals surface area contributed by atoms with Gasteiger partial charge < -0.3 is 9.30 Å². The van der Waals surface area contributed by atoms with Crippen molar-refractivity contribution in [2.24, 2.45) is 0 Å². The highest BCUT2D eigenvalue weighted by Crippen LogP contribution is 2.30. The van der Waals surface area contributed by atoms with Gasteiger partial charge in [-0.15, -0.1) is 0 Å². The predicted molar refractivity (Wildman–Crippen MR) is 136 cm³/mol. The van der Waals surface area contributed by atoms with E-state index in [0.29, 0.717) is 22.9 Å². The molecule has 1 atom stereocenters. The largest absolute Gasteiger partial charge is 0.495 e. The van der Waals surface area contributed by atoms with E-state index < -0.39 is 17.8 Å². The van der Waals surface area contributed by atoms with Crippen LogP contribution in [-0.4, -0.2) is 29.5 Å². The van der Waals surface area contributed by atoms with E-state index in [2.05, 4.69) is 19.2 Å². The highest BCUT2D eigenvalue weighted by Gasteiger charge is 2.37. The second-order valence-corrected chi connectivity index (χ2v) is 8.69. The van der Waals surface area contributed by atoms with Crippen molar-refractivity contribution < 1.29 is 19.1 Å². The predicted octanol–water partition coefficient (Wildman–Crippen LogP) is 5.28. The lowest BCUT2D eigenvalue weighted by atomic mass is 9.98. The molecule has 7 nitrogen and oxygen atoms in total. The molecule has 1 N–H and O–H groups in total. The van der Waals surface area contributed by atoms with Gasteiger partial charge >= 0.3 is 6.03 Å². The molecule has 0 spiro atoms. The molecule has 4 amide bonds. The average molecular weight is 472 g/mol. The zero-order valence-electron chi connectivity index (χ0n) is 20.6. The first kappa shape index (κ1) is 24.0. The normalized spacial score (nSPS) is 16.0. The summed E-state index contributed by atoms with van der Waals surface area (Å²) in [4.78, 5) is 39.6. The molecule has 180 valence electrons. The van der Waals surface area contributed by atoms with E-state index in [0.717, 1.165) is 34.0 Å². The summed E-state index contributed by atoms with van der Waals surface area (Å²) < 4.78 is 7.52. The van der Waals surface area contributed by atoms with E-state index in [-0.39, 0.29) is 5.57 Å². The number of aryl methyl sites for hydroxylation is 1. The Morgan fingerprint density at radius 1 is 1.03 bits per heavy atom. The van der Waals surface area contributed by atoms with Crippen LogP contribution in [0.2, 0.25) is 0 Å². The Morgan fingerprint density at radius 3 is 2.37 bits per heavy atom. The second kappa shape index (κ2) is 9.62. The topological polar surface area (TPSA) is 80.6 Å². The summed E-state index contributed by atoms with van der Waals surface area (Å²) >= 11 is 0. The number of methoxy groups -OCH3 is 1. The third-order valence-electron chi connectivity index (χ3n) is 6.53. The standard InChI is InChI=1S/C28H29N3O4/c1-6-17(2)20-11-13-22(14-12-20)31-27(33)23(26(32)29-28(31)34)16-21-15-18(3)30(19(21)4)24-9-7-8-10-25(24)35-5/h7-17H,6H2,1-5H3,(H,29,32,34)/b23-16+/t17-/m0/s1. The molecule has 4 rings (SSSR count). The van der Waals surface area contributed by atoms with Crippen molar-refractivity contribution in [3.05, 3.63) is 82.7 Å². The molecule has 7 heteroatoms. The van der Waals surface area contributed by atoms with Crippen LogP contribution < -0.4 is 15.0 Å². The fourth-order valence-electron chi connectivity index (χ4n) is 4.35. The minimum absolute atomic E-state index is 0.101. The van der Waals surface area contributed by atoms with Crippen molar-refractivity contribution >= 4 is 29.6 Å². The highest BCUT2D eigenvalue weighted by atomic mass is 16.5. The molecule has 3 aromatic rings. The maximum atomic E-state index is 13.3. The summed E-state index contributed by atoms with van der Waals surface area (Å²) in [5.41, 5.74) is 4.74. The minimum atomic E-state index is -0.757. The van der Waals surface area contributed by atoms with E-state index in [1.807, 2.05) is 60.9 Å². The smallest absolute Gasteiger partial charge is 0.335 e. The molecule has 1 fully saturated rings. The molecular formula is C28H29N3O4. The summed E-state index contributed by atoms with van der Waals surface area (Å²) in [5.74, 6) is -0.297. The van der Waals surface area contributed by atoms with Gasteiger partial charge in [-0.25, -0.2) is 9.69 Å². The summed E-state index contributed by atoms with van der Waals surface area (Å²) in [6.45, 7) is 8.08. The van der Waals surface area contributed by atoms with Gasteiger partial charge in [0.05, 0.1) is 18.5 Å². The molecule has 0 aliphatic carbocycles. The van der Waals surface area contributed by atoms with Crippen LogP contribution in [0.15, 0.2) is 60.2 Å². The zero-order chi connectivity index (χ0) is 25.3. The lowest BCUT2D eigenvalue weighted by Crippen LogP contribution is -2.54. The van der Waals surface area contributed by atoms with E-state index in [9.17, 15) is 14.4 Å². The Labute approximate surface area is 205 Å². The van der Waals surface area contributed by atoms with Crippen LogP contribution in [0.3, 0.4) is 0 Å². The van der Waals surface area contributed by atoms with Gasteiger partial charge in [0.25, 0.3) is 11.8 Å². The molecule has 0 bridgehead atoms. The number of hydrogen-bond donors (Lipinski definition) is 1. The Balaban J connectivity index is 1.73. The lowest BCUT2D eigenvalue weighted by molar-refractivity contribution is -0.122. The van der Waals surface area contributed by atoms with Crippen LogP contribution in [0.25, 0.3) is 11.8 Å². The van der Waals surface area contributed by atoms with E-state index in [4.69, 9.17) is 4.74 Å². The maximum Gasteiger partial charge on any atom is 0.335 e. The Hall–Kier alpha value is -4.13. The number of nitrogens with zero attached hydrogens (tertiary/aromatic N) is 2. The molecule has 2 aromatic carbocycles. The third kappa shape index (κ3) is 4.37. The van der Waals surface area contributed by atoms with Crippen LogP contribution in [0, 0.1) is 13.8 Å². The fourth-order valence-corrected chi connectivity index (χ4v) is 4.35. The Kier molecular flexibility index (Phi) is 6.60. The van der Waals surface area contributed by atoms with Gasteiger partial charge in [-0.3, -0.25) is 14.9 Å². The van der Waals surface area contributed by atoms with E-state index in [1.54, 1.807) is 25.3 Å². The number of urea groups is 1. The Bertz CT molecular complexity index is 1330. The fraction of sp³-hybridized carbons (Fsp3) is 0.250. The van der Waals surface area contributed by atoms with E-state index >= 15 is 0 Å². The summed E-state index contributed by atoms with van der Waals surface area (Å²) in [5, 5.41) is 2.30. The number of anilines is 1. The van der Waals surface area contributed by atoms with Crippen molar-refractivity contribution in [3.8, 4) is 11.4 Å². The van der Waals surface area contributed by atoms with Crippen molar-refractivity contribution in [2.45, 2.75) is 40.0 Å². The number of barbiturate groups is 1. The molecule has 0 radical (unpaired) electrons. The highest BCUT2D eigenvalue weighted by molar-refractivity contribution is 6.39. The molecule has 1 aliphatic heterocycles. The SMILES string of the molecule is CC[C@H](C)c1ccc(N2C(=O)NC(=O)/C(=C\c3cc(C)n(-c4ccccc4OC)c3C)C2=O)cc1. The molecule has 0 unspecified atom stereocenters. The van der Waals surface area contributed by atoms with Crippen LogP contribution in [0.1, 0.15) is 48.7 Å². The molecule has 1 saturated heterocycles. The van der Waals surface area contributed by atoms with Crippen LogP contribution in [-0.2, 0) is 9.59 Å². The van der Waals surface area contributed by atoms with Gasteiger partial charge in [-0.2, -0.15) is 0 Å². The number of amides is 4. The molecule has 1 aromatic heterocycles. The number of carbonyl (C=O) groups is 3. The Morgan fingerprint density at radius 2 is 1.71 bits per heavy atom. The first-order valence-corrected chi connectivity index (χ1v) is 11.6. The maximum absolute atomic E-state index is 13.3. The van der Waals surface area contributed by atoms with Crippen molar-refractivity contribution in [1.29, 1.82) is 0 Å². The van der Waals surface area contributed by atoms with Gasteiger partial charge in [0.2, 0.25) is 0 Å². The van der Waals surface area contributed by atoms with Gasteiger partial charge in [0.15, 0.2) is 0 Å². The number of carbonyl (C=O) groups excluding carboxylic acids is 3. The number of rotatable bonds is 6. The van der Waals surface area contributed by atoms with Crippen molar-refractivity contribution in [1.82, 2.24) is 9.88 Å². The minimum Gasteiger partial charge on any atom is -0.495 e. The number of hydrogen-bond acceptors (Lipinski definition) is 4. The number of benzene rings is 2. The zero-order valence-corrected chi connectivity index (χ0v) is 20.6. The van der Waals surface area contributed by atoms with Gasteiger partial charge in [0.1, 0.15) is 11.3 Å². The van der Waals surface area contributed by atoms with Crippen molar-refractivity contribution in [2.75, 3.05) is 12.0 Å². The van der Waals surface area contributed by atoms with Crippen LogP contribution in [0.4, 0.5) is 10.5 Å². The first-order chi connectivity index (χ1) is 16.8. The van der Waals surface area contributed by atoms with Gasteiger partial charge in [-0.1, -0.05) is 38.1 Å². The molecule has 1 aliphatic rings. The quantitative estimate of drug-likeness (QED) is 0.392. The molecule has 35 heavy (non-hydrogen) atoms. The van der Waals surface area contributed by atoms with Gasteiger partial charge in [0, 0.05) is 11.4 Å². The monoisotopic (exact) mass is 471 g/mol. The molecule has 2 heterocycles. The number of nitrogens with one attached hydrogen (secondary N) is 1. The molecule has 0 saturated carbocycles. The number of aromatic nitrogens is 1. The lowest BCUT2D eigenvalue weighted by Gasteiger charge is -2.26. The van der Waals surface area contributed by atoms with Crippen LogP contribution in [0.5, 0.6) is 5.75 Å². The third-order valence-corrected chi connectivity index (χ3v) is 6.53. The van der Waals surface area contributed by atoms with Gasteiger partial charge in [-0.05, 0) is 73.7 Å². The second-order valence-electron chi connectivity index (χ2n) is 8.69. The summed E-state index contributed by atoms with van der Waals surface area (Å²) in [6.07, 6.45) is 2.52. The van der Waals surface area contributed by atoms with Crippen molar-refractivity contribution in [3.63, 3.8) is 0 Å².